The van der Waals surface area contributed by atoms with Crippen LogP contribution < -0.4 is 16.0 Å². The van der Waals surface area contributed by atoms with Crippen molar-refractivity contribution in [3.05, 3.63) is 119 Å². The van der Waals surface area contributed by atoms with Gasteiger partial charge in [0.15, 0.2) is 0 Å². The zero-order chi connectivity index (χ0) is 25.2. The Hall–Kier alpha value is -4.72. The Morgan fingerprint density at radius 2 is 1.58 bits per heavy atom. The average Bonchev–Trinajstić information content (AvgIpc) is 3.28. The molecule has 0 saturated heterocycles. The van der Waals surface area contributed by atoms with E-state index in [2.05, 4.69) is 21.0 Å². The molecule has 1 atom stereocenters. The van der Waals surface area contributed by atoms with E-state index in [-0.39, 0.29) is 17.6 Å². The first-order valence-electron chi connectivity index (χ1n) is 11.5. The molecule has 8 heteroatoms. The topological polar surface area (TPSA) is 88.0 Å². The van der Waals surface area contributed by atoms with Gasteiger partial charge in [-0.1, -0.05) is 42.5 Å². The fourth-order valence-electron chi connectivity index (χ4n) is 4.31. The fourth-order valence-corrected chi connectivity index (χ4v) is 4.31. The number of aryl methyl sites for hydroxylation is 1. The number of allylic oxidation sites excluding steroid dienone is 1. The number of benzene rings is 3. The molecular formula is C28H24FN5O2. The highest BCUT2D eigenvalue weighted by molar-refractivity contribution is 6.09. The predicted molar refractivity (Wildman–Crippen MR) is 137 cm³/mol. The number of rotatable bonds is 5. The van der Waals surface area contributed by atoms with Crippen molar-refractivity contribution < 1.29 is 14.0 Å². The second kappa shape index (κ2) is 9.50. The molecule has 0 unspecified atom stereocenters. The van der Waals surface area contributed by atoms with Crippen molar-refractivity contribution in [2.45, 2.75) is 19.9 Å². The number of amides is 2. The minimum Gasteiger partial charge on any atom is -0.343 e. The summed E-state index contributed by atoms with van der Waals surface area (Å²) in [6.45, 7) is 3.72. The van der Waals surface area contributed by atoms with E-state index in [0.29, 0.717) is 39.6 Å². The first-order chi connectivity index (χ1) is 17.4. The molecule has 0 bridgehead atoms. The molecule has 1 aliphatic rings. The summed E-state index contributed by atoms with van der Waals surface area (Å²) in [4.78, 5) is 26.6. The number of nitrogens with zero attached hydrogens (tertiary/aromatic N) is 2. The lowest BCUT2D eigenvalue weighted by Crippen LogP contribution is -2.32. The Bertz CT molecular complexity index is 1480. The van der Waals surface area contributed by atoms with Gasteiger partial charge in [0.25, 0.3) is 11.8 Å². The molecule has 180 valence electrons. The van der Waals surface area contributed by atoms with E-state index in [1.165, 1.54) is 18.3 Å². The van der Waals surface area contributed by atoms with E-state index in [4.69, 9.17) is 0 Å². The van der Waals surface area contributed by atoms with Gasteiger partial charge in [-0.05, 0) is 61.4 Å². The molecular weight excluding hydrogens is 457 g/mol. The van der Waals surface area contributed by atoms with Gasteiger partial charge in [0, 0.05) is 17.1 Å². The number of nitrogens with one attached hydrogen (secondary N) is 3. The first kappa shape index (κ1) is 23.0. The number of hydrogen-bond donors (Lipinski definition) is 3. The number of carbonyl (C=O) groups is 2. The fraction of sp³-hybridized carbons (Fsp3) is 0.107. The maximum Gasteiger partial charge on any atom is 0.261 e. The Morgan fingerprint density at radius 1 is 0.889 bits per heavy atom. The number of hydrogen-bond acceptors (Lipinski definition) is 4. The van der Waals surface area contributed by atoms with Crippen LogP contribution in [0.2, 0.25) is 0 Å². The summed E-state index contributed by atoms with van der Waals surface area (Å²) in [5.41, 5.74) is 4.29. The van der Waals surface area contributed by atoms with Gasteiger partial charge in [-0.15, -0.1) is 0 Å². The molecule has 0 saturated carbocycles. The summed E-state index contributed by atoms with van der Waals surface area (Å²) in [6.07, 6.45) is 1.47. The van der Waals surface area contributed by atoms with E-state index < -0.39 is 6.04 Å². The van der Waals surface area contributed by atoms with Gasteiger partial charge < -0.3 is 16.0 Å². The third kappa shape index (κ3) is 4.48. The minimum absolute atomic E-state index is 0.325. The van der Waals surface area contributed by atoms with Crippen molar-refractivity contribution in [2.24, 2.45) is 0 Å². The maximum atomic E-state index is 13.7. The van der Waals surface area contributed by atoms with Gasteiger partial charge >= 0.3 is 0 Å². The Labute approximate surface area is 207 Å². The van der Waals surface area contributed by atoms with Crippen LogP contribution in [0.15, 0.2) is 96.3 Å². The minimum atomic E-state index is -0.675. The molecule has 1 aromatic heterocycles. The average molecular weight is 482 g/mol. The maximum absolute atomic E-state index is 13.7. The van der Waals surface area contributed by atoms with Crippen LogP contribution >= 0.6 is 0 Å². The van der Waals surface area contributed by atoms with Gasteiger partial charge in [-0.3, -0.25) is 9.59 Å². The smallest absolute Gasteiger partial charge is 0.261 e. The first-order valence-corrected chi connectivity index (χ1v) is 11.5. The predicted octanol–water partition coefficient (Wildman–Crippen LogP) is 5.51. The van der Waals surface area contributed by atoms with Crippen molar-refractivity contribution in [3.8, 4) is 0 Å². The summed E-state index contributed by atoms with van der Waals surface area (Å²) in [5, 5.41) is 13.5. The van der Waals surface area contributed by atoms with Crippen LogP contribution in [0, 0.1) is 12.7 Å². The Morgan fingerprint density at radius 3 is 2.31 bits per heavy atom. The van der Waals surface area contributed by atoms with E-state index in [0.717, 1.165) is 5.56 Å². The van der Waals surface area contributed by atoms with Crippen LogP contribution in [0.5, 0.6) is 0 Å². The quantitative estimate of drug-likeness (QED) is 0.351. The third-order valence-corrected chi connectivity index (χ3v) is 6.01. The van der Waals surface area contributed by atoms with Gasteiger partial charge in [-0.25, -0.2) is 9.07 Å². The van der Waals surface area contributed by atoms with E-state index >= 15 is 0 Å². The molecule has 0 radical (unpaired) electrons. The molecule has 2 amide bonds. The molecule has 5 rings (SSSR count). The molecule has 7 nitrogen and oxygen atoms in total. The largest absolute Gasteiger partial charge is 0.343 e. The summed E-state index contributed by atoms with van der Waals surface area (Å²) < 4.78 is 15.3. The SMILES string of the molecule is CC1=C(C(=O)Nc2ccccc2)[C@H](c2ccc(F)cc2)n2ncc(C(=O)Nc3cccc(C)c3)c2N1. The molecule has 2 heterocycles. The molecule has 4 aromatic rings. The highest BCUT2D eigenvalue weighted by Gasteiger charge is 2.35. The molecule has 36 heavy (non-hydrogen) atoms. The van der Waals surface area contributed by atoms with Crippen LogP contribution in [0.1, 0.15) is 34.5 Å². The lowest BCUT2D eigenvalue weighted by atomic mass is 9.94. The third-order valence-electron chi connectivity index (χ3n) is 6.01. The van der Waals surface area contributed by atoms with Crippen molar-refractivity contribution in [1.82, 2.24) is 9.78 Å². The highest BCUT2D eigenvalue weighted by Crippen LogP contribution is 2.38. The zero-order valence-electron chi connectivity index (χ0n) is 19.7. The molecule has 0 aliphatic carbocycles. The Balaban J connectivity index is 1.54. The van der Waals surface area contributed by atoms with Crippen molar-refractivity contribution in [3.63, 3.8) is 0 Å². The molecule has 3 N–H and O–H groups in total. The van der Waals surface area contributed by atoms with Gasteiger partial charge in [-0.2, -0.15) is 5.10 Å². The normalized spacial score (nSPS) is 14.6. The van der Waals surface area contributed by atoms with Crippen molar-refractivity contribution in [1.29, 1.82) is 0 Å². The van der Waals surface area contributed by atoms with Crippen molar-refractivity contribution in [2.75, 3.05) is 16.0 Å². The molecule has 1 aliphatic heterocycles. The van der Waals surface area contributed by atoms with E-state index in [9.17, 15) is 14.0 Å². The highest BCUT2D eigenvalue weighted by atomic mass is 19.1. The summed E-state index contributed by atoms with van der Waals surface area (Å²) in [7, 11) is 0. The van der Waals surface area contributed by atoms with Crippen LogP contribution in [0.4, 0.5) is 21.6 Å². The number of fused-ring (bicyclic) bond motifs is 1. The Kier molecular flexibility index (Phi) is 6.08. The number of para-hydroxylation sites is 1. The van der Waals surface area contributed by atoms with Gasteiger partial charge in [0.1, 0.15) is 23.2 Å². The van der Waals surface area contributed by atoms with Crippen LogP contribution in [-0.4, -0.2) is 21.6 Å². The number of anilines is 3. The van der Waals surface area contributed by atoms with Crippen LogP contribution in [-0.2, 0) is 4.79 Å². The molecule has 0 spiro atoms. The van der Waals surface area contributed by atoms with E-state index in [1.807, 2.05) is 49.4 Å². The monoisotopic (exact) mass is 481 g/mol. The van der Waals surface area contributed by atoms with E-state index in [1.54, 1.807) is 35.9 Å². The van der Waals surface area contributed by atoms with Crippen LogP contribution in [0.3, 0.4) is 0 Å². The lowest BCUT2D eigenvalue weighted by molar-refractivity contribution is -0.113. The number of carbonyl (C=O) groups excluding carboxylic acids is 2. The molecule has 0 fully saturated rings. The second-order valence-electron chi connectivity index (χ2n) is 8.61. The molecule has 3 aromatic carbocycles. The number of aromatic nitrogens is 2. The lowest BCUT2D eigenvalue weighted by Gasteiger charge is -2.30. The van der Waals surface area contributed by atoms with Crippen molar-refractivity contribution >= 4 is 29.0 Å². The second-order valence-corrected chi connectivity index (χ2v) is 8.61. The zero-order valence-corrected chi connectivity index (χ0v) is 19.7. The summed E-state index contributed by atoms with van der Waals surface area (Å²) >= 11 is 0. The summed E-state index contributed by atoms with van der Waals surface area (Å²) in [6, 6.07) is 21.9. The standard InChI is InChI=1S/C28H24FN5O2/c1-17-7-6-10-22(15-17)33-27(35)23-16-30-34-25(19-11-13-20(29)14-12-19)24(18(2)31-26(23)34)28(36)32-21-8-4-3-5-9-21/h3-16,25,31H,1-2H3,(H,32,36)(H,33,35)/t25-/m0/s1. The summed E-state index contributed by atoms with van der Waals surface area (Å²) in [5.74, 6) is -0.601. The van der Waals surface area contributed by atoms with Gasteiger partial charge in [0.05, 0.1) is 11.8 Å². The number of halogens is 1. The van der Waals surface area contributed by atoms with Crippen LogP contribution in [0.25, 0.3) is 0 Å². The van der Waals surface area contributed by atoms with Gasteiger partial charge in [0.2, 0.25) is 0 Å².